The summed E-state index contributed by atoms with van der Waals surface area (Å²) in [7, 11) is 0. The Hall–Kier alpha value is -1.22. The van der Waals surface area contributed by atoms with Crippen molar-refractivity contribution in [2.45, 2.75) is 39.2 Å². The van der Waals surface area contributed by atoms with E-state index < -0.39 is 0 Å². The van der Waals surface area contributed by atoms with Crippen LogP contribution < -0.4 is 0 Å². The van der Waals surface area contributed by atoms with E-state index in [0.29, 0.717) is 5.56 Å². The van der Waals surface area contributed by atoms with Gasteiger partial charge in [-0.1, -0.05) is 13.8 Å². The highest BCUT2D eigenvalue weighted by molar-refractivity contribution is 6.00. The van der Waals surface area contributed by atoms with Gasteiger partial charge in [0.25, 0.3) is 0 Å². The van der Waals surface area contributed by atoms with Crippen LogP contribution in [0.25, 0.3) is 0 Å². The Bertz CT molecular complexity index is 421. The Balaban J connectivity index is 2.08. The molecule has 0 spiro atoms. The molecule has 0 radical (unpaired) electrons. The van der Waals surface area contributed by atoms with Crippen LogP contribution >= 0.6 is 0 Å². The fraction of sp³-hybridized carbons (Fsp3) is 0.562. The number of hydrogen-bond acceptors (Lipinski definition) is 2. The predicted molar refractivity (Wildman–Crippen MR) is 74.8 cm³/mol. The Morgan fingerprint density at radius 3 is 2.42 bits per heavy atom. The van der Waals surface area contributed by atoms with Crippen molar-refractivity contribution in [1.82, 2.24) is 4.90 Å². The van der Waals surface area contributed by atoms with E-state index in [-0.39, 0.29) is 17.6 Å². The third-order valence-corrected chi connectivity index (χ3v) is 4.08. The number of carbonyl (C=O) groups excluding carboxylic acids is 1. The van der Waals surface area contributed by atoms with Gasteiger partial charge >= 0.3 is 0 Å². The van der Waals surface area contributed by atoms with Gasteiger partial charge in [0, 0.05) is 5.56 Å². The summed E-state index contributed by atoms with van der Waals surface area (Å²) < 4.78 is 12.9. The number of hydrogen-bond donors (Lipinski definition) is 0. The lowest BCUT2D eigenvalue weighted by Gasteiger charge is -2.35. The molecule has 19 heavy (non-hydrogen) atoms. The second kappa shape index (κ2) is 6.29. The lowest BCUT2D eigenvalue weighted by atomic mass is 9.94. The molecule has 2 nitrogen and oxygen atoms in total. The average molecular weight is 263 g/mol. The van der Waals surface area contributed by atoms with E-state index >= 15 is 0 Å². The number of ketones is 1. The number of nitrogens with zero attached hydrogens (tertiary/aromatic N) is 1. The van der Waals surface area contributed by atoms with E-state index in [9.17, 15) is 9.18 Å². The van der Waals surface area contributed by atoms with E-state index in [1.165, 1.54) is 12.1 Å². The minimum Gasteiger partial charge on any atom is -0.293 e. The van der Waals surface area contributed by atoms with Gasteiger partial charge in [0.2, 0.25) is 0 Å². The molecule has 1 aromatic rings. The molecule has 1 aliphatic rings. The smallest absolute Gasteiger partial charge is 0.179 e. The van der Waals surface area contributed by atoms with Crippen LogP contribution in [-0.2, 0) is 0 Å². The van der Waals surface area contributed by atoms with Crippen LogP contribution in [0.5, 0.6) is 0 Å². The van der Waals surface area contributed by atoms with E-state index in [2.05, 4.69) is 11.8 Å². The molecule has 0 saturated carbocycles. The van der Waals surface area contributed by atoms with Gasteiger partial charge in [-0.05, 0) is 62.5 Å². The van der Waals surface area contributed by atoms with Crippen LogP contribution in [0.1, 0.15) is 43.5 Å². The topological polar surface area (TPSA) is 20.3 Å². The summed E-state index contributed by atoms with van der Waals surface area (Å²) in [6.45, 7) is 6.30. The number of halogens is 1. The van der Waals surface area contributed by atoms with E-state index in [1.54, 1.807) is 12.1 Å². The third-order valence-electron chi connectivity index (χ3n) is 4.08. The molecule has 1 aromatic carbocycles. The van der Waals surface area contributed by atoms with Crippen LogP contribution in [0.2, 0.25) is 0 Å². The fourth-order valence-corrected chi connectivity index (χ4v) is 2.76. The van der Waals surface area contributed by atoms with Gasteiger partial charge in [-0.2, -0.15) is 0 Å². The molecule has 0 aromatic heterocycles. The second-order valence-corrected chi connectivity index (χ2v) is 5.51. The SMILES string of the molecule is CCC(C(=O)c1ccc(F)cc1)N1CCC(C)CC1. The maximum atomic E-state index is 12.9. The van der Waals surface area contributed by atoms with E-state index in [4.69, 9.17) is 0 Å². The Morgan fingerprint density at radius 2 is 1.89 bits per heavy atom. The summed E-state index contributed by atoms with van der Waals surface area (Å²) in [5.74, 6) is 0.586. The number of rotatable bonds is 4. The number of likely N-dealkylation sites (tertiary alicyclic amines) is 1. The van der Waals surface area contributed by atoms with Gasteiger partial charge in [-0.15, -0.1) is 0 Å². The average Bonchev–Trinajstić information content (AvgIpc) is 2.42. The van der Waals surface area contributed by atoms with Crippen molar-refractivity contribution in [2.75, 3.05) is 13.1 Å². The fourth-order valence-electron chi connectivity index (χ4n) is 2.76. The molecule has 0 bridgehead atoms. The number of piperidine rings is 1. The number of Topliss-reactive ketones (excluding diaryl/α,β-unsaturated/α-hetero) is 1. The zero-order chi connectivity index (χ0) is 13.8. The quantitative estimate of drug-likeness (QED) is 0.775. The number of benzene rings is 1. The minimum absolute atomic E-state index is 0.0574. The van der Waals surface area contributed by atoms with Gasteiger partial charge in [0.1, 0.15) is 5.82 Å². The van der Waals surface area contributed by atoms with Crippen molar-refractivity contribution in [1.29, 1.82) is 0 Å². The van der Waals surface area contributed by atoms with Gasteiger partial charge in [0.05, 0.1) is 6.04 Å². The molecule has 1 saturated heterocycles. The molecule has 1 atom stereocenters. The molecular formula is C16H22FNO. The highest BCUT2D eigenvalue weighted by atomic mass is 19.1. The van der Waals surface area contributed by atoms with Gasteiger partial charge in [-0.25, -0.2) is 4.39 Å². The van der Waals surface area contributed by atoms with Crippen molar-refractivity contribution in [3.05, 3.63) is 35.6 Å². The third kappa shape index (κ3) is 3.41. The summed E-state index contributed by atoms with van der Waals surface area (Å²) >= 11 is 0. The molecule has 1 unspecified atom stereocenters. The first-order valence-corrected chi connectivity index (χ1v) is 7.15. The molecule has 1 aliphatic heterocycles. The maximum Gasteiger partial charge on any atom is 0.179 e. The van der Waals surface area contributed by atoms with E-state index in [1.807, 2.05) is 6.92 Å². The molecule has 0 N–H and O–H groups in total. The molecule has 1 fully saturated rings. The van der Waals surface area contributed by atoms with Crippen molar-refractivity contribution in [3.8, 4) is 0 Å². The summed E-state index contributed by atoms with van der Waals surface area (Å²) in [5.41, 5.74) is 0.617. The molecule has 1 heterocycles. The summed E-state index contributed by atoms with van der Waals surface area (Å²) in [4.78, 5) is 14.8. The predicted octanol–water partition coefficient (Wildman–Crippen LogP) is 3.52. The highest BCUT2D eigenvalue weighted by Crippen LogP contribution is 2.21. The Morgan fingerprint density at radius 1 is 1.32 bits per heavy atom. The molecule has 104 valence electrons. The van der Waals surface area contributed by atoms with Crippen LogP contribution in [0, 0.1) is 11.7 Å². The first kappa shape index (κ1) is 14.2. The lowest BCUT2D eigenvalue weighted by Crippen LogP contribution is -2.45. The summed E-state index contributed by atoms with van der Waals surface area (Å²) in [5, 5.41) is 0. The van der Waals surface area contributed by atoms with Crippen molar-refractivity contribution >= 4 is 5.78 Å². The van der Waals surface area contributed by atoms with Gasteiger partial charge in [0.15, 0.2) is 5.78 Å². The molecule has 2 rings (SSSR count). The summed E-state index contributed by atoms with van der Waals surface area (Å²) in [6.07, 6.45) is 3.13. The minimum atomic E-state index is -0.295. The first-order chi connectivity index (χ1) is 9.11. The highest BCUT2D eigenvalue weighted by Gasteiger charge is 2.27. The summed E-state index contributed by atoms with van der Waals surface area (Å²) in [6, 6.07) is 5.84. The first-order valence-electron chi connectivity index (χ1n) is 7.15. The van der Waals surface area contributed by atoms with Crippen LogP contribution in [0.3, 0.4) is 0 Å². The van der Waals surface area contributed by atoms with Gasteiger partial charge in [-0.3, -0.25) is 9.69 Å². The lowest BCUT2D eigenvalue weighted by molar-refractivity contribution is 0.0743. The monoisotopic (exact) mass is 263 g/mol. The number of carbonyl (C=O) groups is 1. The van der Waals surface area contributed by atoms with Gasteiger partial charge < -0.3 is 0 Å². The zero-order valence-electron chi connectivity index (χ0n) is 11.7. The normalized spacial score (nSPS) is 19.3. The maximum absolute atomic E-state index is 12.9. The standard InChI is InChI=1S/C16H22FNO/c1-3-15(18-10-8-12(2)9-11-18)16(19)13-4-6-14(17)7-5-13/h4-7,12,15H,3,8-11H2,1-2H3. The Kier molecular flexibility index (Phi) is 4.70. The largest absolute Gasteiger partial charge is 0.293 e. The molecule has 3 heteroatoms. The van der Waals surface area contributed by atoms with Crippen molar-refractivity contribution < 1.29 is 9.18 Å². The Labute approximate surface area is 114 Å². The molecule has 0 aliphatic carbocycles. The van der Waals surface area contributed by atoms with E-state index in [0.717, 1.165) is 38.3 Å². The van der Waals surface area contributed by atoms with Crippen molar-refractivity contribution in [3.63, 3.8) is 0 Å². The zero-order valence-corrected chi connectivity index (χ0v) is 11.7. The van der Waals surface area contributed by atoms with Crippen LogP contribution in [0.4, 0.5) is 4.39 Å². The van der Waals surface area contributed by atoms with Crippen molar-refractivity contribution in [2.24, 2.45) is 5.92 Å². The second-order valence-electron chi connectivity index (χ2n) is 5.51. The van der Waals surface area contributed by atoms with Crippen LogP contribution in [-0.4, -0.2) is 29.8 Å². The van der Waals surface area contributed by atoms with Crippen LogP contribution in [0.15, 0.2) is 24.3 Å². The molecule has 0 amide bonds. The molecular weight excluding hydrogens is 241 g/mol.